The first kappa shape index (κ1) is 24.7. The number of nitrogens with zero attached hydrogens (tertiary/aromatic N) is 2. The van der Waals surface area contributed by atoms with Crippen LogP contribution in [-0.2, 0) is 16.1 Å². The van der Waals surface area contributed by atoms with Crippen LogP contribution in [0.3, 0.4) is 0 Å². The van der Waals surface area contributed by atoms with E-state index in [0.717, 1.165) is 36.6 Å². The highest BCUT2D eigenvalue weighted by Gasteiger charge is 2.24. The van der Waals surface area contributed by atoms with Gasteiger partial charge in [-0.15, -0.1) is 24.0 Å². The first-order chi connectivity index (χ1) is 12.8. The lowest BCUT2D eigenvalue weighted by atomic mass is 9.89. The first-order valence-electron chi connectivity index (χ1n) is 9.71. The Morgan fingerprint density at radius 2 is 1.89 bits per heavy atom. The molecule has 2 rings (SSSR count). The van der Waals surface area contributed by atoms with E-state index in [0.29, 0.717) is 19.5 Å². The van der Waals surface area contributed by atoms with Crippen LogP contribution in [0.1, 0.15) is 45.6 Å². The maximum absolute atomic E-state index is 12.0. The molecule has 0 bridgehead atoms. The molecule has 2 N–H and O–H groups in total. The summed E-state index contributed by atoms with van der Waals surface area (Å²) in [6.07, 6.45) is 2.83. The molecule has 158 valence electrons. The van der Waals surface area contributed by atoms with Gasteiger partial charge in [0.2, 0.25) is 5.91 Å². The molecule has 1 saturated heterocycles. The zero-order valence-electron chi connectivity index (χ0n) is 17.7. The van der Waals surface area contributed by atoms with Crippen molar-refractivity contribution in [3.8, 4) is 0 Å². The summed E-state index contributed by atoms with van der Waals surface area (Å²) in [5.41, 5.74) is 2.19. The number of guanidine groups is 1. The van der Waals surface area contributed by atoms with E-state index in [1.165, 1.54) is 0 Å². The number of nitrogens with one attached hydrogen (secondary N) is 2. The van der Waals surface area contributed by atoms with Crippen molar-refractivity contribution in [1.82, 2.24) is 10.6 Å². The number of ether oxygens (including phenoxy) is 1. The van der Waals surface area contributed by atoms with Crippen LogP contribution in [-0.4, -0.2) is 45.2 Å². The van der Waals surface area contributed by atoms with Crippen LogP contribution < -0.4 is 15.5 Å². The number of hydrogen-bond donors (Lipinski definition) is 2. The van der Waals surface area contributed by atoms with Gasteiger partial charge in [-0.25, -0.2) is 0 Å². The van der Waals surface area contributed by atoms with E-state index in [2.05, 4.69) is 48.5 Å². The Morgan fingerprint density at radius 3 is 2.43 bits per heavy atom. The van der Waals surface area contributed by atoms with Gasteiger partial charge in [0.05, 0.1) is 6.10 Å². The largest absolute Gasteiger partial charge is 0.379 e. The van der Waals surface area contributed by atoms with Gasteiger partial charge in [0.15, 0.2) is 5.96 Å². The number of amides is 1. The third-order valence-electron chi connectivity index (χ3n) is 4.96. The van der Waals surface area contributed by atoms with Gasteiger partial charge in [0, 0.05) is 45.9 Å². The summed E-state index contributed by atoms with van der Waals surface area (Å²) in [5.74, 6) is 0.972. The van der Waals surface area contributed by atoms with E-state index >= 15 is 0 Å². The number of hydrogen-bond acceptors (Lipinski definition) is 3. The Morgan fingerprint density at radius 1 is 1.21 bits per heavy atom. The molecule has 1 fully saturated rings. The van der Waals surface area contributed by atoms with Gasteiger partial charge in [-0.3, -0.25) is 9.79 Å². The van der Waals surface area contributed by atoms with E-state index in [-0.39, 0.29) is 41.4 Å². The molecular weight excluding hydrogens is 467 g/mol. The van der Waals surface area contributed by atoms with Crippen molar-refractivity contribution >= 4 is 41.5 Å². The highest BCUT2D eigenvalue weighted by molar-refractivity contribution is 14.0. The molecule has 0 spiro atoms. The van der Waals surface area contributed by atoms with Crippen molar-refractivity contribution in [2.24, 2.45) is 10.4 Å². The van der Waals surface area contributed by atoms with Crippen molar-refractivity contribution in [1.29, 1.82) is 0 Å². The minimum Gasteiger partial charge on any atom is -0.379 e. The molecule has 1 amide bonds. The molecule has 1 aromatic carbocycles. The molecule has 6 nitrogen and oxygen atoms in total. The molecule has 28 heavy (non-hydrogen) atoms. The molecule has 7 heteroatoms. The highest BCUT2D eigenvalue weighted by Crippen LogP contribution is 2.22. The molecule has 0 saturated carbocycles. The summed E-state index contributed by atoms with van der Waals surface area (Å²) < 4.78 is 5.57. The number of carbonyl (C=O) groups excluding carboxylic acids is 1. The SMILES string of the molecule is CN=C(NCc1ccc(N2CCCCC2=O)cc1)NCC(OC)C(C)(C)C.I. The Bertz CT molecular complexity index is 641. The Hall–Kier alpha value is -1.35. The average Bonchev–Trinajstić information content (AvgIpc) is 2.64. The van der Waals surface area contributed by atoms with Gasteiger partial charge in [-0.05, 0) is 36.0 Å². The van der Waals surface area contributed by atoms with Crippen LogP contribution in [0.15, 0.2) is 29.3 Å². The zero-order valence-corrected chi connectivity index (χ0v) is 20.1. The molecule has 1 aliphatic heterocycles. The second-order valence-corrected chi connectivity index (χ2v) is 8.07. The predicted octanol–water partition coefficient (Wildman–Crippen LogP) is 3.55. The summed E-state index contributed by atoms with van der Waals surface area (Å²) in [7, 11) is 3.50. The Balaban J connectivity index is 0.00000392. The van der Waals surface area contributed by atoms with Crippen LogP contribution in [0.25, 0.3) is 0 Å². The maximum atomic E-state index is 12.0. The van der Waals surface area contributed by atoms with Crippen LogP contribution in [0.2, 0.25) is 0 Å². The van der Waals surface area contributed by atoms with Gasteiger partial charge in [-0.1, -0.05) is 32.9 Å². The lowest BCUT2D eigenvalue weighted by Crippen LogP contribution is -2.45. The third kappa shape index (κ3) is 7.24. The number of aliphatic imine (C=N–C) groups is 1. The molecule has 0 aliphatic carbocycles. The van der Waals surface area contributed by atoms with Gasteiger partial charge >= 0.3 is 0 Å². The van der Waals surface area contributed by atoms with Crippen molar-refractivity contribution < 1.29 is 9.53 Å². The van der Waals surface area contributed by atoms with E-state index in [1.54, 1.807) is 14.2 Å². The smallest absolute Gasteiger partial charge is 0.226 e. The highest BCUT2D eigenvalue weighted by atomic mass is 127. The van der Waals surface area contributed by atoms with Crippen molar-refractivity contribution in [3.05, 3.63) is 29.8 Å². The number of halogens is 1. The molecule has 1 heterocycles. The molecule has 0 aromatic heterocycles. The topological polar surface area (TPSA) is 66.0 Å². The number of methoxy groups -OCH3 is 1. The lowest BCUT2D eigenvalue weighted by molar-refractivity contribution is -0.119. The van der Waals surface area contributed by atoms with Gasteiger partial charge in [-0.2, -0.15) is 0 Å². The number of benzene rings is 1. The minimum absolute atomic E-state index is 0. The summed E-state index contributed by atoms with van der Waals surface area (Å²) in [4.78, 5) is 18.2. The summed E-state index contributed by atoms with van der Waals surface area (Å²) in [5, 5.41) is 6.65. The van der Waals surface area contributed by atoms with Crippen LogP contribution >= 0.6 is 24.0 Å². The second-order valence-electron chi connectivity index (χ2n) is 8.07. The van der Waals surface area contributed by atoms with Crippen LogP contribution in [0.5, 0.6) is 0 Å². The Kier molecular flexibility index (Phi) is 10.2. The number of rotatable bonds is 6. The van der Waals surface area contributed by atoms with Crippen molar-refractivity contribution in [2.75, 3.05) is 32.1 Å². The predicted molar refractivity (Wildman–Crippen MR) is 127 cm³/mol. The summed E-state index contributed by atoms with van der Waals surface area (Å²) in [6, 6.07) is 8.17. The van der Waals surface area contributed by atoms with E-state index < -0.39 is 0 Å². The maximum Gasteiger partial charge on any atom is 0.226 e. The van der Waals surface area contributed by atoms with Gasteiger partial charge in [0.25, 0.3) is 0 Å². The molecule has 1 unspecified atom stereocenters. The zero-order chi connectivity index (χ0) is 19.9. The van der Waals surface area contributed by atoms with Gasteiger partial charge in [0.1, 0.15) is 0 Å². The third-order valence-corrected chi connectivity index (χ3v) is 4.96. The van der Waals surface area contributed by atoms with Crippen LogP contribution in [0.4, 0.5) is 5.69 Å². The Labute approximate surface area is 186 Å². The van der Waals surface area contributed by atoms with E-state index in [1.807, 2.05) is 17.0 Å². The fourth-order valence-corrected chi connectivity index (χ4v) is 3.21. The molecule has 1 aromatic rings. The van der Waals surface area contributed by atoms with Gasteiger partial charge < -0.3 is 20.3 Å². The standard InChI is InChI=1S/C21H34N4O2.HI/c1-21(2,3)18(27-5)15-24-20(22-4)23-14-16-9-11-17(12-10-16)25-13-7-6-8-19(25)26;/h9-12,18H,6-8,13-15H2,1-5H3,(H2,22,23,24);1H. The fraction of sp³-hybridized carbons (Fsp3) is 0.619. The quantitative estimate of drug-likeness (QED) is 0.355. The average molecular weight is 502 g/mol. The fourth-order valence-electron chi connectivity index (χ4n) is 3.21. The van der Waals surface area contributed by atoms with Crippen LogP contribution in [0, 0.1) is 5.41 Å². The van der Waals surface area contributed by atoms with Crippen molar-refractivity contribution in [3.63, 3.8) is 0 Å². The number of piperidine rings is 1. The lowest BCUT2D eigenvalue weighted by Gasteiger charge is -2.30. The second kappa shape index (κ2) is 11.6. The van der Waals surface area contributed by atoms with E-state index in [9.17, 15) is 4.79 Å². The molecule has 0 radical (unpaired) electrons. The molecule has 1 aliphatic rings. The number of anilines is 1. The van der Waals surface area contributed by atoms with Crippen molar-refractivity contribution in [2.45, 2.75) is 52.7 Å². The number of carbonyl (C=O) groups is 1. The first-order valence-corrected chi connectivity index (χ1v) is 9.71. The van der Waals surface area contributed by atoms with E-state index in [4.69, 9.17) is 4.74 Å². The summed E-state index contributed by atoms with van der Waals surface area (Å²) in [6.45, 7) is 8.66. The molecule has 1 atom stereocenters. The monoisotopic (exact) mass is 502 g/mol. The normalized spacial score (nSPS) is 16.4. The summed E-state index contributed by atoms with van der Waals surface area (Å²) >= 11 is 0. The molecular formula is C21H35IN4O2. The minimum atomic E-state index is 0.